The van der Waals surface area contributed by atoms with Crippen molar-refractivity contribution in [2.75, 3.05) is 13.7 Å². The van der Waals surface area contributed by atoms with Gasteiger partial charge in [-0.3, -0.25) is 9.13 Å². The second-order valence-electron chi connectivity index (χ2n) is 8.55. The lowest BCUT2D eigenvalue weighted by Crippen LogP contribution is -2.44. The summed E-state index contributed by atoms with van der Waals surface area (Å²) >= 11 is 0. The Morgan fingerprint density at radius 1 is 1.18 bits per heavy atom. The van der Waals surface area contributed by atoms with Crippen molar-refractivity contribution in [3.05, 3.63) is 68.6 Å². The van der Waals surface area contributed by atoms with E-state index in [4.69, 9.17) is 15.5 Å². The van der Waals surface area contributed by atoms with Gasteiger partial charge in [0.15, 0.2) is 11.5 Å². The molecule has 1 aliphatic heterocycles. The van der Waals surface area contributed by atoms with Crippen molar-refractivity contribution < 1.29 is 14.6 Å². The molecule has 3 aromatic rings. The van der Waals surface area contributed by atoms with Gasteiger partial charge in [-0.2, -0.15) is 0 Å². The van der Waals surface area contributed by atoms with Gasteiger partial charge in [0.05, 0.1) is 18.5 Å². The number of rotatable bonds is 5. The monoisotopic (exact) mass is 463 g/mol. The number of amides is 2. The van der Waals surface area contributed by atoms with Gasteiger partial charge in [0.2, 0.25) is 0 Å². The average molecular weight is 464 g/mol. The highest BCUT2D eigenvalue weighted by molar-refractivity contribution is 5.71. The SMILES string of the molecule is COc1cc2c(cc1O)CCn1c-2c/c(=N\c2c(C)cc(C)cc2C)n(CCNC(N)=O)c1=O. The van der Waals surface area contributed by atoms with Crippen LogP contribution >= 0.6 is 0 Å². The highest BCUT2D eigenvalue weighted by Gasteiger charge is 2.22. The number of phenols is 1. The van der Waals surface area contributed by atoms with Crippen LogP contribution in [0.1, 0.15) is 22.3 Å². The van der Waals surface area contributed by atoms with Gasteiger partial charge in [0.25, 0.3) is 0 Å². The van der Waals surface area contributed by atoms with Crippen LogP contribution < -0.4 is 27.0 Å². The van der Waals surface area contributed by atoms with Crippen LogP contribution in [0.2, 0.25) is 0 Å². The summed E-state index contributed by atoms with van der Waals surface area (Å²) in [5.74, 6) is 0.405. The molecule has 4 rings (SSSR count). The summed E-state index contributed by atoms with van der Waals surface area (Å²) in [6.45, 7) is 6.89. The van der Waals surface area contributed by atoms with E-state index in [1.807, 2.05) is 26.8 Å². The number of aromatic nitrogens is 2. The van der Waals surface area contributed by atoms with Crippen LogP contribution in [0.15, 0.2) is 40.1 Å². The van der Waals surface area contributed by atoms with E-state index in [0.29, 0.717) is 29.9 Å². The first-order valence-electron chi connectivity index (χ1n) is 11.1. The van der Waals surface area contributed by atoms with Crippen LogP contribution in [-0.2, 0) is 19.5 Å². The molecule has 34 heavy (non-hydrogen) atoms. The van der Waals surface area contributed by atoms with Gasteiger partial charge in [0, 0.05) is 31.3 Å². The van der Waals surface area contributed by atoms with Crippen molar-refractivity contribution >= 4 is 11.7 Å². The summed E-state index contributed by atoms with van der Waals surface area (Å²) in [4.78, 5) is 29.7. The number of nitrogens with one attached hydrogen (secondary N) is 1. The minimum atomic E-state index is -0.650. The number of aromatic hydroxyl groups is 1. The predicted molar refractivity (Wildman–Crippen MR) is 130 cm³/mol. The summed E-state index contributed by atoms with van der Waals surface area (Å²) < 4.78 is 8.55. The molecular weight excluding hydrogens is 434 g/mol. The fourth-order valence-corrected chi connectivity index (χ4v) is 4.57. The van der Waals surface area contributed by atoms with Gasteiger partial charge in [0.1, 0.15) is 5.49 Å². The Kier molecular flexibility index (Phi) is 6.19. The zero-order valence-corrected chi connectivity index (χ0v) is 19.8. The molecule has 2 amide bonds. The minimum Gasteiger partial charge on any atom is -0.504 e. The number of carbonyl (C=O) groups excluding carboxylic acids is 1. The first-order valence-corrected chi connectivity index (χ1v) is 11.1. The maximum Gasteiger partial charge on any atom is 0.330 e. The van der Waals surface area contributed by atoms with Crippen LogP contribution in [0.4, 0.5) is 10.5 Å². The number of benzene rings is 2. The van der Waals surface area contributed by atoms with Crippen LogP contribution in [-0.4, -0.2) is 33.9 Å². The average Bonchev–Trinajstić information content (AvgIpc) is 2.77. The van der Waals surface area contributed by atoms with Crippen molar-refractivity contribution in [3.8, 4) is 22.8 Å². The molecule has 2 aromatic carbocycles. The van der Waals surface area contributed by atoms with Gasteiger partial charge >= 0.3 is 11.7 Å². The Morgan fingerprint density at radius 3 is 2.53 bits per heavy atom. The van der Waals surface area contributed by atoms with Crippen LogP contribution in [0.5, 0.6) is 11.5 Å². The second kappa shape index (κ2) is 9.09. The fraction of sp³-hybridized carbons (Fsp3) is 0.320. The number of urea groups is 1. The maximum absolute atomic E-state index is 13.6. The zero-order chi connectivity index (χ0) is 24.6. The number of carbonyl (C=O) groups is 1. The Bertz CT molecular complexity index is 1400. The lowest BCUT2D eigenvalue weighted by molar-refractivity contribution is 0.248. The van der Waals surface area contributed by atoms with E-state index in [2.05, 4.69) is 17.4 Å². The number of hydrogen-bond donors (Lipinski definition) is 3. The predicted octanol–water partition coefficient (Wildman–Crippen LogP) is 2.41. The first kappa shape index (κ1) is 23.2. The van der Waals surface area contributed by atoms with E-state index < -0.39 is 6.03 Å². The molecule has 0 spiro atoms. The second-order valence-corrected chi connectivity index (χ2v) is 8.55. The minimum absolute atomic E-state index is 0.0661. The van der Waals surface area contributed by atoms with Gasteiger partial charge in [-0.1, -0.05) is 17.7 Å². The van der Waals surface area contributed by atoms with Crippen molar-refractivity contribution in [2.24, 2.45) is 10.7 Å². The molecule has 0 saturated carbocycles. The van der Waals surface area contributed by atoms with E-state index in [-0.39, 0.29) is 24.5 Å². The maximum atomic E-state index is 13.6. The standard InChI is InChI=1S/C25H29N5O4/c1-14-9-15(2)23(16(3)10-14)28-22-13-19-18-12-21(34-4)20(31)11-17(18)5-7-29(19)25(33)30(22)8-6-27-24(26)32/h9-13,31H,5-8H2,1-4H3,(H3,26,27,32)/b28-22+. The lowest BCUT2D eigenvalue weighted by Gasteiger charge is -2.24. The van der Waals surface area contributed by atoms with Gasteiger partial charge in [-0.25, -0.2) is 14.6 Å². The third-order valence-electron chi connectivity index (χ3n) is 6.08. The van der Waals surface area contributed by atoms with E-state index >= 15 is 0 Å². The number of methoxy groups -OCH3 is 1. The zero-order valence-electron chi connectivity index (χ0n) is 19.8. The Morgan fingerprint density at radius 2 is 1.88 bits per heavy atom. The van der Waals surface area contributed by atoms with Crippen molar-refractivity contribution in [3.63, 3.8) is 0 Å². The van der Waals surface area contributed by atoms with Crippen LogP contribution in [0, 0.1) is 20.8 Å². The molecule has 0 atom stereocenters. The third kappa shape index (κ3) is 4.28. The molecule has 9 nitrogen and oxygen atoms in total. The highest BCUT2D eigenvalue weighted by atomic mass is 16.5. The number of ether oxygens (including phenoxy) is 1. The van der Waals surface area contributed by atoms with E-state index in [9.17, 15) is 14.7 Å². The molecule has 0 saturated heterocycles. The molecule has 1 aromatic heterocycles. The van der Waals surface area contributed by atoms with Gasteiger partial charge in [-0.05, 0) is 56.0 Å². The normalized spacial score (nSPS) is 12.8. The first-order chi connectivity index (χ1) is 16.2. The highest BCUT2D eigenvalue weighted by Crippen LogP contribution is 2.37. The van der Waals surface area contributed by atoms with Crippen LogP contribution in [0.3, 0.4) is 0 Å². The molecule has 0 aliphatic carbocycles. The lowest BCUT2D eigenvalue weighted by atomic mass is 9.97. The van der Waals surface area contributed by atoms with E-state index in [0.717, 1.165) is 33.5 Å². The number of hydrogen-bond acceptors (Lipinski definition) is 5. The van der Waals surface area contributed by atoms with E-state index in [1.165, 1.54) is 7.11 Å². The number of nitrogens with two attached hydrogens (primary N) is 1. The molecule has 1 aliphatic rings. The summed E-state index contributed by atoms with van der Waals surface area (Å²) in [6, 6.07) is 8.77. The third-order valence-corrected chi connectivity index (χ3v) is 6.08. The molecule has 178 valence electrons. The van der Waals surface area contributed by atoms with Crippen LogP contribution in [0.25, 0.3) is 11.3 Å². The van der Waals surface area contributed by atoms with E-state index in [1.54, 1.807) is 21.3 Å². The summed E-state index contributed by atoms with van der Waals surface area (Å²) in [7, 11) is 1.49. The number of phenolic OH excluding ortho intramolecular Hbond substituents is 1. The molecule has 0 radical (unpaired) electrons. The van der Waals surface area contributed by atoms with Crippen molar-refractivity contribution in [1.82, 2.24) is 14.5 Å². The quantitative estimate of drug-likeness (QED) is 0.537. The number of aryl methyl sites for hydroxylation is 4. The summed E-state index contributed by atoms with van der Waals surface area (Å²) in [5, 5.41) is 12.8. The molecular formula is C25H29N5O4. The van der Waals surface area contributed by atoms with Gasteiger partial charge in [-0.15, -0.1) is 0 Å². The Balaban J connectivity index is 1.98. The van der Waals surface area contributed by atoms with Gasteiger partial charge < -0.3 is 20.9 Å². The number of fused-ring (bicyclic) bond motifs is 3. The largest absolute Gasteiger partial charge is 0.504 e. The molecule has 0 fully saturated rings. The topological polar surface area (TPSA) is 124 Å². The number of primary amides is 1. The summed E-state index contributed by atoms with van der Waals surface area (Å²) in [6.07, 6.45) is 0.589. The smallest absolute Gasteiger partial charge is 0.330 e. The summed E-state index contributed by atoms with van der Waals surface area (Å²) in [5.41, 5.74) is 11.8. The van der Waals surface area contributed by atoms with Crippen molar-refractivity contribution in [2.45, 2.75) is 40.3 Å². The Hall–Kier alpha value is -4.01. The number of nitrogens with zero attached hydrogens (tertiary/aromatic N) is 3. The fourth-order valence-electron chi connectivity index (χ4n) is 4.57. The molecule has 0 bridgehead atoms. The molecule has 2 heterocycles. The van der Waals surface area contributed by atoms with Crippen molar-refractivity contribution in [1.29, 1.82) is 0 Å². The molecule has 9 heteroatoms. The molecule has 0 unspecified atom stereocenters. The molecule has 4 N–H and O–H groups in total. The Labute approximate surface area is 197 Å².